The molecule has 151 valence electrons. The minimum atomic E-state index is -0.273. The Hall–Kier alpha value is -0.210. The van der Waals surface area contributed by atoms with Crippen molar-refractivity contribution in [3.05, 3.63) is 59.9 Å². The average Bonchev–Trinajstić information content (AvgIpc) is 3.14. The van der Waals surface area contributed by atoms with Gasteiger partial charge in [-0.25, -0.2) is 0 Å². The van der Waals surface area contributed by atoms with Crippen LogP contribution in [0.2, 0.25) is 13.1 Å². The van der Waals surface area contributed by atoms with E-state index in [1.165, 1.54) is 21.9 Å². The van der Waals surface area contributed by atoms with Gasteiger partial charge in [0.2, 0.25) is 0 Å². The first-order valence-corrected chi connectivity index (χ1v) is 11.6. The smallest absolute Gasteiger partial charge is 1.00 e. The van der Waals surface area contributed by atoms with Gasteiger partial charge in [-0.1, -0.05) is 66.1 Å². The van der Waals surface area contributed by atoms with Gasteiger partial charge in [0.25, 0.3) is 0 Å². The van der Waals surface area contributed by atoms with Gasteiger partial charge in [0.05, 0.1) is 8.80 Å². The van der Waals surface area contributed by atoms with Crippen molar-refractivity contribution in [2.75, 3.05) is 0 Å². The Morgan fingerprint density at radius 3 is 1.93 bits per heavy atom. The van der Waals surface area contributed by atoms with E-state index in [1.54, 1.807) is 5.19 Å². The summed E-state index contributed by atoms with van der Waals surface area (Å²) in [6.07, 6.45) is 5.30. The predicted molar refractivity (Wildman–Crippen MR) is 114 cm³/mol. The summed E-state index contributed by atoms with van der Waals surface area (Å²) in [6.45, 7) is 18.0. The van der Waals surface area contributed by atoms with E-state index >= 15 is 0 Å². The van der Waals surface area contributed by atoms with Crippen molar-refractivity contribution in [1.82, 2.24) is 4.98 Å². The number of aromatic nitrogens is 1. The summed E-state index contributed by atoms with van der Waals surface area (Å²) in [7, 11) is -0.273. The maximum atomic E-state index is 3.23. The largest absolute Gasteiger partial charge is 4.00 e. The number of halogens is 2. The Morgan fingerprint density at radius 2 is 1.50 bits per heavy atom. The van der Waals surface area contributed by atoms with Crippen molar-refractivity contribution < 1.29 is 51.0 Å². The van der Waals surface area contributed by atoms with E-state index in [1.807, 2.05) is 0 Å². The van der Waals surface area contributed by atoms with Crippen molar-refractivity contribution >= 4 is 24.8 Å². The van der Waals surface area contributed by atoms with Gasteiger partial charge in [-0.05, 0) is 5.41 Å². The van der Waals surface area contributed by atoms with Crippen LogP contribution in [0.4, 0.5) is 0 Å². The summed E-state index contributed by atoms with van der Waals surface area (Å²) in [5.74, 6) is 0. The first-order chi connectivity index (χ1) is 11.5. The monoisotopic (exact) mass is 510 g/mol. The average molecular weight is 513 g/mol. The Labute approximate surface area is 205 Å². The van der Waals surface area contributed by atoms with Crippen molar-refractivity contribution in [3.63, 3.8) is 0 Å². The van der Waals surface area contributed by atoms with Crippen LogP contribution in [0, 0.1) is 6.20 Å². The summed E-state index contributed by atoms with van der Waals surface area (Å²) < 4.78 is 0. The quantitative estimate of drug-likeness (QED) is 0.347. The molecule has 0 bridgehead atoms. The summed E-state index contributed by atoms with van der Waals surface area (Å²) >= 11 is 0. The molecule has 0 saturated carbocycles. The molecular formula is C23H32Cl2NSiZr. The number of hydrogen-bond acceptors (Lipinski definition) is 0. The van der Waals surface area contributed by atoms with Crippen LogP contribution in [0.5, 0.6) is 0 Å². The third-order valence-corrected chi connectivity index (χ3v) is 5.88. The molecule has 1 radical (unpaired) electrons. The topological polar surface area (TPSA) is 15.8 Å². The van der Waals surface area contributed by atoms with Gasteiger partial charge >= 0.3 is 26.2 Å². The van der Waals surface area contributed by atoms with Crippen molar-refractivity contribution in [2.45, 2.75) is 65.5 Å². The molecule has 0 atom stereocenters. The second-order valence-electron chi connectivity index (χ2n) is 9.08. The van der Waals surface area contributed by atoms with Gasteiger partial charge in [-0.2, -0.15) is 22.2 Å². The fourth-order valence-corrected chi connectivity index (χ4v) is 3.83. The fourth-order valence-electron chi connectivity index (χ4n) is 2.94. The Morgan fingerprint density at radius 1 is 0.929 bits per heavy atom. The second kappa shape index (κ2) is 11.8. The van der Waals surface area contributed by atoms with Gasteiger partial charge in [-0.3, -0.25) is 0 Å². The second-order valence-corrected chi connectivity index (χ2v) is 11.7. The van der Waals surface area contributed by atoms with E-state index in [2.05, 4.69) is 108 Å². The third-order valence-electron chi connectivity index (χ3n) is 4.44. The van der Waals surface area contributed by atoms with Crippen LogP contribution in [0.25, 0.3) is 10.8 Å². The predicted octanol–water partition coefficient (Wildman–Crippen LogP) is -0.0645. The molecule has 0 saturated heterocycles. The first kappa shape index (κ1) is 30.0. The molecular weight excluding hydrogens is 480 g/mol. The number of H-pyrrole nitrogens is 1. The molecule has 28 heavy (non-hydrogen) atoms. The van der Waals surface area contributed by atoms with Crippen molar-refractivity contribution in [3.8, 4) is 0 Å². The molecule has 0 unspecified atom stereocenters. The molecule has 0 aliphatic heterocycles. The number of nitrogens with one attached hydrogen (secondary N) is 1. The molecule has 5 heteroatoms. The number of aromatic amines is 1. The zero-order valence-corrected chi connectivity index (χ0v) is 23.3. The number of hydrogen-bond donors (Lipinski definition) is 1. The minimum absolute atomic E-state index is 0. The Bertz CT molecular complexity index is 761. The van der Waals surface area contributed by atoms with Crippen molar-refractivity contribution in [2.24, 2.45) is 0 Å². The van der Waals surface area contributed by atoms with E-state index in [9.17, 15) is 0 Å². The standard InChI is InChI=1S/C12H20N.C11H12Si.2ClH.Zr/c1-11(2,3)9-7-13-8-10(9)12(4,5)6;1-12(2)11-7-9-5-3-4-6-10(9)8-11;;;/h7,13H,1-6H3;3-8H,1-2H3;2*1H;/q2*-1;;;+4/p-2. The molecule has 2 aromatic carbocycles. The van der Waals surface area contributed by atoms with E-state index in [4.69, 9.17) is 0 Å². The van der Waals surface area contributed by atoms with E-state index in [0.29, 0.717) is 0 Å². The van der Waals surface area contributed by atoms with Gasteiger partial charge in [-0.15, -0.1) is 47.6 Å². The zero-order chi connectivity index (χ0) is 18.8. The van der Waals surface area contributed by atoms with E-state index in [-0.39, 0.29) is 70.6 Å². The maximum Gasteiger partial charge on any atom is 4.00 e. The Balaban J connectivity index is 0. The van der Waals surface area contributed by atoms with Crippen LogP contribution in [-0.2, 0) is 37.0 Å². The maximum absolute atomic E-state index is 3.23. The minimum Gasteiger partial charge on any atom is -1.00 e. The van der Waals surface area contributed by atoms with Crippen molar-refractivity contribution in [1.29, 1.82) is 0 Å². The Kier molecular flexibility index (Phi) is 12.7. The van der Waals surface area contributed by atoms with Crippen LogP contribution in [0.1, 0.15) is 52.7 Å². The molecule has 0 aliphatic carbocycles. The molecule has 1 nitrogen and oxygen atoms in total. The normalized spacial score (nSPS) is 11.0. The van der Waals surface area contributed by atoms with Gasteiger partial charge in [0.15, 0.2) is 0 Å². The van der Waals surface area contributed by atoms with Crippen LogP contribution >= 0.6 is 0 Å². The van der Waals surface area contributed by atoms with Crippen LogP contribution < -0.4 is 30.0 Å². The van der Waals surface area contributed by atoms with Gasteiger partial charge in [0, 0.05) is 0 Å². The molecule has 0 amide bonds. The third kappa shape index (κ3) is 7.90. The summed E-state index contributed by atoms with van der Waals surface area (Å²) in [5.41, 5.74) is 3.07. The molecule has 1 N–H and O–H groups in total. The van der Waals surface area contributed by atoms with Crippen LogP contribution in [0.3, 0.4) is 0 Å². The summed E-state index contributed by atoms with van der Waals surface area (Å²) in [4.78, 5) is 3.09. The molecule has 0 fully saturated rings. The van der Waals surface area contributed by atoms with E-state index in [0.717, 1.165) is 0 Å². The molecule has 0 aliphatic rings. The first-order valence-electron chi connectivity index (χ1n) is 9.06. The molecule has 1 aromatic heterocycles. The molecule has 3 aromatic rings. The number of fused-ring (bicyclic) bond motifs is 1. The SMILES string of the molecule is CC(C)(C)c1[c-][nH]cc1C(C)(C)C.C[Si](C)c1cc2ccccc2[cH-]1.[Cl-].[Cl-].[Zr+4]. The number of rotatable bonds is 1. The molecule has 1 heterocycles. The van der Waals surface area contributed by atoms with Crippen LogP contribution in [0.15, 0.2) is 42.6 Å². The van der Waals surface area contributed by atoms with Crippen LogP contribution in [-0.4, -0.2) is 13.8 Å². The van der Waals surface area contributed by atoms with Gasteiger partial charge in [0.1, 0.15) is 0 Å². The molecule has 3 rings (SSSR count). The fraction of sp³-hybridized carbons (Fsp3) is 0.435. The summed E-state index contributed by atoms with van der Waals surface area (Å²) in [5, 5.41) is 4.32. The number of benzene rings is 1. The van der Waals surface area contributed by atoms with E-state index < -0.39 is 0 Å². The molecule has 0 spiro atoms. The zero-order valence-electron chi connectivity index (χ0n) is 18.3. The van der Waals surface area contributed by atoms with Gasteiger partial charge < -0.3 is 29.8 Å². The summed E-state index contributed by atoms with van der Waals surface area (Å²) in [6, 6.07) is 13.2.